The third kappa shape index (κ3) is 4.08. The number of ether oxygens (including phenoxy) is 1. The number of urea groups is 1. The second kappa shape index (κ2) is 6.90. The molecule has 0 aromatic carbocycles. The molecule has 2 fully saturated rings. The molecule has 2 aliphatic rings. The number of hydrogen-bond acceptors (Lipinski definition) is 4. The predicted octanol–water partition coefficient (Wildman–Crippen LogP) is -0.177. The van der Waals surface area contributed by atoms with Gasteiger partial charge in [-0.1, -0.05) is 0 Å². The van der Waals surface area contributed by atoms with Gasteiger partial charge in [0.2, 0.25) is 0 Å². The fraction of sp³-hybridized carbons (Fsp3) is 0.846. The van der Waals surface area contributed by atoms with Crippen LogP contribution in [0.3, 0.4) is 0 Å². The van der Waals surface area contributed by atoms with E-state index in [0.717, 1.165) is 13.0 Å². The molecule has 7 heteroatoms. The molecule has 2 rings (SSSR count). The van der Waals surface area contributed by atoms with Crippen LogP contribution in [0.25, 0.3) is 0 Å². The lowest BCUT2D eigenvalue weighted by Crippen LogP contribution is -2.54. The quantitative estimate of drug-likeness (QED) is 0.749. The van der Waals surface area contributed by atoms with Gasteiger partial charge >= 0.3 is 12.0 Å². The summed E-state index contributed by atoms with van der Waals surface area (Å²) in [6.07, 6.45) is 0.994. The molecule has 2 saturated heterocycles. The number of rotatable bonds is 4. The molecule has 0 spiro atoms. The summed E-state index contributed by atoms with van der Waals surface area (Å²) in [6, 6.07) is 0.0569. The summed E-state index contributed by atoms with van der Waals surface area (Å²) in [5.41, 5.74) is 0. The number of piperazine rings is 1. The summed E-state index contributed by atoms with van der Waals surface area (Å²) < 4.78 is 5.33. The Kier molecular flexibility index (Phi) is 5.19. The second-order valence-corrected chi connectivity index (χ2v) is 5.52. The Labute approximate surface area is 118 Å². The molecule has 7 nitrogen and oxygen atoms in total. The van der Waals surface area contributed by atoms with Gasteiger partial charge in [-0.2, -0.15) is 0 Å². The number of amides is 2. The summed E-state index contributed by atoms with van der Waals surface area (Å²) in [7, 11) is 0. The van der Waals surface area contributed by atoms with Crippen LogP contribution in [0.5, 0.6) is 0 Å². The van der Waals surface area contributed by atoms with Crippen molar-refractivity contribution in [1.82, 2.24) is 15.1 Å². The minimum atomic E-state index is -0.822. The van der Waals surface area contributed by atoms with Crippen molar-refractivity contribution in [3.8, 4) is 0 Å². The average molecular weight is 285 g/mol. The summed E-state index contributed by atoms with van der Waals surface area (Å²) >= 11 is 0. The van der Waals surface area contributed by atoms with E-state index in [-0.39, 0.29) is 18.6 Å². The van der Waals surface area contributed by atoms with Crippen molar-refractivity contribution in [2.75, 3.05) is 45.9 Å². The molecular formula is C13H23N3O4. The van der Waals surface area contributed by atoms with E-state index in [1.807, 2.05) is 11.8 Å². The number of nitrogens with zero attached hydrogens (tertiary/aromatic N) is 2. The Morgan fingerprint density at radius 1 is 1.35 bits per heavy atom. The molecule has 0 radical (unpaired) electrons. The molecule has 2 aliphatic heterocycles. The van der Waals surface area contributed by atoms with Crippen molar-refractivity contribution in [1.29, 1.82) is 0 Å². The SMILES string of the molecule is CC(NC(=O)N1CCN(CC(=O)O)CC1)C1CCOC1. The molecular weight excluding hydrogens is 262 g/mol. The molecule has 0 saturated carbocycles. The molecule has 114 valence electrons. The largest absolute Gasteiger partial charge is 0.480 e. The van der Waals surface area contributed by atoms with Crippen LogP contribution in [-0.2, 0) is 9.53 Å². The lowest BCUT2D eigenvalue weighted by atomic mass is 10.0. The van der Waals surface area contributed by atoms with Crippen LogP contribution in [0.2, 0.25) is 0 Å². The lowest BCUT2D eigenvalue weighted by molar-refractivity contribution is -0.138. The van der Waals surface area contributed by atoms with Gasteiger partial charge in [0.25, 0.3) is 0 Å². The van der Waals surface area contributed by atoms with E-state index < -0.39 is 5.97 Å². The molecule has 0 bridgehead atoms. The number of nitrogens with one attached hydrogen (secondary N) is 1. The second-order valence-electron chi connectivity index (χ2n) is 5.52. The molecule has 0 aromatic rings. The Balaban J connectivity index is 1.72. The minimum Gasteiger partial charge on any atom is -0.480 e. The zero-order valence-electron chi connectivity index (χ0n) is 11.9. The van der Waals surface area contributed by atoms with Gasteiger partial charge in [-0.25, -0.2) is 4.79 Å². The minimum absolute atomic E-state index is 0.0469. The van der Waals surface area contributed by atoms with Crippen molar-refractivity contribution in [3.05, 3.63) is 0 Å². The van der Waals surface area contributed by atoms with Crippen LogP contribution in [0, 0.1) is 5.92 Å². The average Bonchev–Trinajstić information content (AvgIpc) is 2.92. The van der Waals surface area contributed by atoms with Gasteiger partial charge in [0.05, 0.1) is 13.2 Å². The highest BCUT2D eigenvalue weighted by molar-refractivity contribution is 5.74. The maximum absolute atomic E-state index is 12.1. The summed E-state index contributed by atoms with van der Waals surface area (Å²) in [6.45, 7) is 5.93. The monoisotopic (exact) mass is 285 g/mol. The van der Waals surface area contributed by atoms with Gasteiger partial charge in [0.1, 0.15) is 0 Å². The smallest absolute Gasteiger partial charge is 0.317 e. The van der Waals surface area contributed by atoms with Crippen LogP contribution < -0.4 is 5.32 Å². The van der Waals surface area contributed by atoms with Gasteiger partial charge in [-0.15, -0.1) is 0 Å². The number of carbonyl (C=O) groups is 2. The molecule has 0 aromatic heterocycles. The Morgan fingerprint density at radius 3 is 2.60 bits per heavy atom. The van der Waals surface area contributed by atoms with E-state index in [9.17, 15) is 9.59 Å². The van der Waals surface area contributed by atoms with Crippen molar-refractivity contribution in [2.24, 2.45) is 5.92 Å². The fourth-order valence-corrected chi connectivity index (χ4v) is 2.65. The number of carboxylic acid groups (broad SMARTS) is 1. The van der Waals surface area contributed by atoms with Gasteiger partial charge in [-0.3, -0.25) is 9.69 Å². The van der Waals surface area contributed by atoms with Gasteiger partial charge in [0, 0.05) is 44.7 Å². The van der Waals surface area contributed by atoms with E-state index in [2.05, 4.69) is 5.32 Å². The summed E-state index contributed by atoms with van der Waals surface area (Å²) in [5.74, 6) is -0.426. The van der Waals surface area contributed by atoms with E-state index in [0.29, 0.717) is 38.7 Å². The van der Waals surface area contributed by atoms with Crippen LogP contribution in [0.15, 0.2) is 0 Å². The van der Waals surface area contributed by atoms with E-state index in [1.165, 1.54) is 0 Å². The number of aliphatic carboxylic acids is 1. The molecule has 2 unspecified atom stereocenters. The topological polar surface area (TPSA) is 82.1 Å². The third-order valence-electron chi connectivity index (χ3n) is 4.04. The van der Waals surface area contributed by atoms with Crippen molar-refractivity contribution >= 4 is 12.0 Å². The number of carboxylic acids is 1. The molecule has 0 aliphatic carbocycles. The fourth-order valence-electron chi connectivity index (χ4n) is 2.65. The highest BCUT2D eigenvalue weighted by Crippen LogP contribution is 2.16. The third-order valence-corrected chi connectivity index (χ3v) is 4.04. The maximum atomic E-state index is 12.1. The first-order valence-electron chi connectivity index (χ1n) is 7.13. The Bertz CT molecular complexity index is 350. The molecule has 2 amide bonds. The van der Waals surface area contributed by atoms with Crippen molar-refractivity contribution in [2.45, 2.75) is 19.4 Å². The Morgan fingerprint density at radius 2 is 2.05 bits per heavy atom. The zero-order valence-corrected chi connectivity index (χ0v) is 11.9. The van der Waals surface area contributed by atoms with E-state index in [1.54, 1.807) is 4.90 Å². The number of hydrogen-bond donors (Lipinski definition) is 2. The van der Waals surface area contributed by atoms with Crippen molar-refractivity contribution in [3.63, 3.8) is 0 Å². The zero-order chi connectivity index (χ0) is 14.5. The maximum Gasteiger partial charge on any atom is 0.317 e. The van der Waals surface area contributed by atoms with Crippen LogP contribution in [0.1, 0.15) is 13.3 Å². The summed E-state index contributed by atoms with van der Waals surface area (Å²) in [5, 5.41) is 11.8. The lowest BCUT2D eigenvalue weighted by Gasteiger charge is -2.34. The molecule has 20 heavy (non-hydrogen) atoms. The number of carbonyl (C=O) groups excluding carboxylic acids is 1. The van der Waals surface area contributed by atoms with Crippen LogP contribution in [0.4, 0.5) is 4.79 Å². The Hall–Kier alpha value is -1.34. The first kappa shape index (κ1) is 15.1. The van der Waals surface area contributed by atoms with Crippen molar-refractivity contribution < 1.29 is 19.4 Å². The van der Waals surface area contributed by atoms with Crippen LogP contribution in [-0.4, -0.2) is 78.9 Å². The molecule has 2 N–H and O–H groups in total. The highest BCUT2D eigenvalue weighted by atomic mass is 16.5. The summed E-state index contributed by atoms with van der Waals surface area (Å²) in [4.78, 5) is 26.4. The normalized spacial score (nSPS) is 25.4. The van der Waals surface area contributed by atoms with E-state index >= 15 is 0 Å². The van der Waals surface area contributed by atoms with Gasteiger partial charge < -0.3 is 20.1 Å². The predicted molar refractivity (Wildman–Crippen MR) is 72.6 cm³/mol. The molecule has 2 atom stereocenters. The molecule has 2 heterocycles. The highest BCUT2D eigenvalue weighted by Gasteiger charge is 2.27. The standard InChI is InChI=1S/C13H23N3O4/c1-10(11-2-7-20-9-11)14-13(19)16-5-3-15(4-6-16)8-12(17)18/h10-11H,2-9H2,1H3,(H,14,19)(H,17,18). The van der Waals surface area contributed by atoms with Gasteiger partial charge in [0.15, 0.2) is 0 Å². The van der Waals surface area contributed by atoms with Crippen LogP contribution >= 0.6 is 0 Å². The first-order chi connectivity index (χ1) is 9.56. The van der Waals surface area contributed by atoms with E-state index in [4.69, 9.17) is 9.84 Å². The van der Waals surface area contributed by atoms with Gasteiger partial charge in [-0.05, 0) is 13.3 Å². The first-order valence-corrected chi connectivity index (χ1v) is 7.13.